The molecule has 9 heavy (non-hydrogen) atoms. The summed E-state index contributed by atoms with van der Waals surface area (Å²) in [6.45, 7) is 0.657. The van der Waals surface area contributed by atoms with Crippen LogP contribution in [0.1, 0.15) is 12.8 Å². The largest absolute Gasteiger partial charge is 0.314 e. The summed E-state index contributed by atoms with van der Waals surface area (Å²) in [5.41, 5.74) is 0. The van der Waals surface area contributed by atoms with Crippen LogP contribution in [-0.2, 0) is 0 Å². The van der Waals surface area contributed by atoms with Crippen molar-refractivity contribution in [3.63, 3.8) is 0 Å². The Morgan fingerprint density at radius 1 is 1.56 bits per heavy atom. The Hall–Kier alpha value is -0.550. The van der Waals surface area contributed by atoms with Crippen molar-refractivity contribution in [2.75, 3.05) is 20.6 Å². The van der Waals surface area contributed by atoms with Crippen molar-refractivity contribution in [1.29, 1.82) is 5.26 Å². The second kappa shape index (κ2) is 2.00. The van der Waals surface area contributed by atoms with E-state index in [1.165, 1.54) is 12.8 Å². The zero-order valence-electron chi connectivity index (χ0n) is 6.09. The number of nitriles is 1. The molecule has 0 saturated heterocycles. The molecule has 50 valence electrons. The summed E-state index contributed by atoms with van der Waals surface area (Å²) < 4.78 is 0.899. The van der Waals surface area contributed by atoms with Gasteiger partial charge in [-0.2, -0.15) is 5.26 Å². The number of hydrogen-bond acceptors (Lipinski definition) is 1. The predicted octanol–water partition coefficient (Wildman–Crippen LogP) is 0.749. The highest BCUT2D eigenvalue weighted by Gasteiger charge is 2.37. The molecule has 0 unspecified atom stereocenters. The van der Waals surface area contributed by atoms with Crippen LogP contribution in [0.3, 0.4) is 0 Å². The summed E-state index contributed by atoms with van der Waals surface area (Å²) in [6, 6.07) is 2.98. The van der Waals surface area contributed by atoms with Crippen molar-refractivity contribution in [3.8, 4) is 6.07 Å². The van der Waals surface area contributed by atoms with Gasteiger partial charge in [-0.25, -0.2) is 0 Å². The third kappa shape index (κ3) is 1.43. The Balaban J connectivity index is 2.41. The van der Waals surface area contributed by atoms with E-state index in [1.807, 2.05) is 0 Å². The average Bonchev–Trinajstić information content (AvgIpc) is 2.41. The molecule has 2 heteroatoms. The SMILES string of the molecule is C[N+](C)(CC#N)C1CC1. The van der Waals surface area contributed by atoms with E-state index in [-0.39, 0.29) is 0 Å². The molecular weight excluding hydrogens is 112 g/mol. The minimum atomic E-state index is 0.657. The highest BCUT2D eigenvalue weighted by Crippen LogP contribution is 2.29. The van der Waals surface area contributed by atoms with E-state index >= 15 is 0 Å². The van der Waals surface area contributed by atoms with Crippen LogP contribution < -0.4 is 0 Å². The maximum absolute atomic E-state index is 8.41. The average molecular weight is 125 g/mol. The predicted molar refractivity (Wildman–Crippen MR) is 35.6 cm³/mol. The molecule has 0 aromatic rings. The van der Waals surface area contributed by atoms with Crippen LogP contribution >= 0.6 is 0 Å². The molecule has 0 aromatic heterocycles. The minimum absolute atomic E-state index is 0.657. The maximum Gasteiger partial charge on any atom is 0.166 e. The number of hydrogen-bond donors (Lipinski definition) is 0. The molecule has 1 aliphatic rings. The van der Waals surface area contributed by atoms with Crippen LogP contribution in [-0.4, -0.2) is 31.2 Å². The van der Waals surface area contributed by atoms with Crippen LogP contribution in [0.15, 0.2) is 0 Å². The molecule has 0 bridgehead atoms. The lowest BCUT2D eigenvalue weighted by atomic mass is 10.4. The van der Waals surface area contributed by atoms with E-state index in [0.717, 1.165) is 10.5 Å². The van der Waals surface area contributed by atoms with E-state index in [0.29, 0.717) is 6.54 Å². The van der Waals surface area contributed by atoms with Gasteiger partial charge in [0.1, 0.15) is 6.07 Å². The maximum atomic E-state index is 8.41. The van der Waals surface area contributed by atoms with Gasteiger partial charge in [0.25, 0.3) is 0 Å². The molecule has 0 radical (unpaired) electrons. The van der Waals surface area contributed by atoms with Gasteiger partial charge in [-0.1, -0.05) is 0 Å². The first-order chi connectivity index (χ1) is 4.17. The monoisotopic (exact) mass is 125 g/mol. The van der Waals surface area contributed by atoms with E-state index in [2.05, 4.69) is 20.2 Å². The fraction of sp³-hybridized carbons (Fsp3) is 0.857. The highest BCUT2D eigenvalue weighted by molar-refractivity contribution is 4.78. The summed E-state index contributed by atoms with van der Waals surface area (Å²) in [4.78, 5) is 0. The van der Waals surface area contributed by atoms with Crippen LogP contribution in [0.4, 0.5) is 0 Å². The standard InChI is InChI=1S/C7H13N2/c1-9(2,6-5-8)7-3-4-7/h7H,3-4,6H2,1-2H3/q+1. The molecule has 0 aliphatic heterocycles. The first kappa shape index (κ1) is 6.57. The summed E-state index contributed by atoms with van der Waals surface area (Å²) >= 11 is 0. The Morgan fingerprint density at radius 2 is 2.11 bits per heavy atom. The van der Waals surface area contributed by atoms with Crippen molar-refractivity contribution in [2.45, 2.75) is 18.9 Å². The van der Waals surface area contributed by atoms with Gasteiger partial charge in [0.2, 0.25) is 0 Å². The van der Waals surface area contributed by atoms with Gasteiger partial charge in [-0.15, -0.1) is 0 Å². The van der Waals surface area contributed by atoms with Crippen molar-refractivity contribution in [2.24, 2.45) is 0 Å². The van der Waals surface area contributed by atoms with Gasteiger partial charge in [-0.05, 0) is 0 Å². The van der Waals surface area contributed by atoms with E-state index < -0.39 is 0 Å². The van der Waals surface area contributed by atoms with Crippen LogP contribution in [0.25, 0.3) is 0 Å². The molecule has 0 amide bonds. The Morgan fingerprint density at radius 3 is 2.44 bits per heavy atom. The molecule has 1 saturated carbocycles. The first-order valence-electron chi connectivity index (χ1n) is 3.36. The fourth-order valence-electron chi connectivity index (χ4n) is 1.08. The summed E-state index contributed by atoms with van der Waals surface area (Å²) in [7, 11) is 4.25. The molecule has 1 rings (SSSR count). The zero-order chi connectivity index (χ0) is 6.91. The van der Waals surface area contributed by atoms with Gasteiger partial charge >= 0.3 is 0 Å². The number of rotatable bonds is 2. The van der Waals surface area contributed by atoms with Crippen molar-refractivity contribution >= 4 is 0 Å². The van der Waals surface area contributed by atoms with Gasteiger partial charge in [-0.3, -0.25) is 0 Å². The molecule has 0 atom stereocenters. The molecular formula is C7H13N2+. The molecule has 1 fully saturated rings. The number of quaternary nitrogens is 1. The zero-order valence-corrected chi connectivity index (χ0v) is 6.09. The molecule has 0 spiro atoms. The lowest BCUT2D eigenvalue weighted by molar-refractivity contribution is -0.894. The second-order valence-electron chi connectivity index (χ2n) is 3.33. The lowest BCUT2D eigenvalue weighted by Gasteiger charge is -2.26. The third-order valence-corrected chi connectivity index (χ3v) is 2.01. The van der Waals surface area contributed by atoms with Gasteiger partial charge in [0.15, 0.2) is 6.54 Å². The van der Waals surface area contributed by atoms with Crippen LogP contribution in [0.5, 0.6) is 0 Å². The normalized spacial score (nSPS) is 19.2. The van der Waals surface area contributed by atoms with E-state index in [1.54, 1.807) is 0 Å². The second-order valence-corrected chi connectivity index (χ2v) is 3.33. The fourth-order valence-corrected chi connectivity index (χ4v) is 1.08. The van der Waals surface area contributed by atoms with Crippen molar-refractivity contribution < 1.29 is 4.48 Å². The number of nitrogens with zero attached hydrogens (tertiary/aromatic N) is 2. The van der Waals surface area contributed by atoms with E-state index in [4.69, 9.17) is 5.26 Å². The van der Waals surface area contributed by atoms with Crippen LogP contribution in [0, 0.1) is 11.3 Å². The minimum Gasteiger partial charge on any atom is -0.314 e. The van der Waals surface area contributed by atoms with Crippen molar-refractivity contribution in [3.05, 3.63) is 0 Å². The van der Waals surface area contributed by atoms with Gasteiger partial charge in [0.05, 0.1) is 20.1 Å². The summed E-state index contributed by atoms with van der Waals surface area (Å²) in [6.07, 6.45) is 2.63. The molecule has 0 heterocycles. The van der Waals surface area contributed by atoms with Crippen molar-refractivity contribution in [1.82, 2.24) is 0 Å². The molecule has 1 aliphatic carbocycles. The summed E-state index contributed by atoms with van der Waals surface area (Å²) in [5, 5.41) is 8.41. The summed E-state index contributed by atoms with van der Waals surface area (Å²) in [5.74, 6) is 0. The van der Waals surface area contributed by atoms with Gasteiger partial charge in [0, 0.05) is 12.8 Å². The smallest absolute Gasteiger partial charge is 0.166 e. The lowest BCUT2D eigenvalue weighted by Crippen LogP contribution is -2.41. The first-order valence-corrected chi connectivity index (χ1v) is 3.36. The quantitative estimate of drug-likeness (QED) is 0.394. The Kier molecular flexibility index (Phi) is 1.46. The highest BCUT2D eigenvalue weighted by atomic mass is 15.3. The molecule has 0 N–H and O–H groups in total. The Labute approximate surface area is 56.3 Å². The van der Waals surface area contributed by atoms with E-state index in [9.17, 15) is 0 Å². The Bertz CT molecular complexity index is 139. The third-order valence-electron chi connectivity index (χ3n) is 2.01. The molecule has 2 nitrogen and oxygen atoms in total. The topological polar surface area (TPSA) is 23.8 Å². The van der Waals surface area contributed by atoms with Gasteiger partial charge < -0.3 is 4.48 Å². The molecule has 0 aromatic carbocycles. The van der Waals surface area contributed by atoms with Crippen LogP contribution in [0.2, 0.25) is 0 Å².